The third-order valence-electron chi connectivity index (χ3n) is 6.12. The number of nitrogens with two attached hydrogens (primary N) is 1. The van der Waals surface area contributed by atoms with Crippen LogP contribution in [0.25, 0.3) is 22.3 Å². The quantitative estimate of drug-likeness (QED) is 0.302. The van der Waals surface area contributed by atoms with E-state index in [-0.39, 0.29) is 0 Å². The molecular formula is C31H25N. The van der Waals surface area contributed by atoms with Gasteiger partial charge in [0, 0.05) is 0 Å². The normalized spacial score (nSPS) is 11.3. The zero-order chi connectivity index (χ0) is 21.8. The first kappa shape index (κ1) is 20.0. The molecule has 0 aliphatic rings. The molecule has 154 valence electrons. The van der Waals surface area contributed by atoms with Crippen molar-refractivity contribution in [2.45, 2.75) is 5.54 Å². The molecule has 0 atom stereocenters. The maximum absolute atomic E-state index is 7.24. The molecule has 0 fully saturated rings. The van der Waals surface area contributed by atoms with Gasteiger partial charge in [0.25, 0.3) is 0 Å². The van der Waals surface area contributed by atoms with Crippen LogP contribution in [0.15, 0.2) is 140 Å². The van der Waals surface area contributed by atoms with Crippen LogP contribution in [0.5, 0.6) is 0 Å². The summed E-state index contributed by atoms with van der Waals surface area (Å²) in [6, 6.07) is 48.4. The largest absolute Gasteiger partial charge is 0.314 e. The molecule has 0 unspecified atom stereocenters. The molecule has 0 bridgehead atoms. The van der Waals surface area contributed by atoms with Crippen LogP contribution in [0.4, 0.5) is 0 Å². The van der Waals surface area contributed by atoms with Gasteiger partial charge in [0.2, 0.25) is 0 Å². The van der Waals surface area contributed by atoms with Crippen LogP contribution in [0.3, 0.4) is 0 Å². The first-order valence-electron chi connectivity index (χ1n) is 10.9. The predicted octanol–water partition coefficient (Wildman–Crippen LogP) is 7.27. The molecule has 32 heavy (non-hydrogen) atoms. The lowest BCUT2D eigenvalue weighted by Crippen LogP contribution is -2.39. The van der Waals surface area contributed by atoms with Crippen LogP contribution in [-0.4, -0.2) is 0 Å². The number of hydrogen-bond donors (Lipinski definition) is 1. The Morgan fingerprint density at radius 2 is 0.594 bits per heavy atom. The summed E-state index contributed by atoms with van der Waals surface area (Å²) >= 11 is 0. The molecule has 0 saturated carbocycles. The van der Waals surface area contributed by atoms with Gasteiger partial charge in [0.05, 0.1) is 5.54 Å². The minimum absolute atomic E-state index is 0.744. The fourth-order valence-electron chi connectivity index (χ4n) is 4.31. The molecule has 0 amide bonds. The molecule has 5 aromatic rings. The summed E-state index contributed by atoms with van der Waals surface area (Å²) in [7, 11) is 0. The number of benzene rings is 5. The van der Waals surface area contributed by atoms with Crippen LogP contribution < -0.4 is 5.73 Å². The topological polar surface area (TPSA) is 26.0 Å². The van der Waals surface area contributed by atoms with Gasteiger partial charge in [0.15, 0.2) is 0 Å². The van der Waals surface area contributed by atoms with E-state index in [9.17, 15) is 0 Å². The van der Waals surface area contributed by atoms with E-state index in [2.05, 4.69) is 109 Å². The molecule has 0 radical (unpaired) electrons. The standard InChI is InChI=1S/C31H25N/c32-31(28-14-8-3-9-15-28,29-20-16-26(17-21-29)24-10-4-1-5-11-24)30-22-18-27(19-23-30)25-12-6-2-7-13-25/h1-23H,32H2. The highest BCUT2D eigenvalue weighted by Crippen LogP contribution is 2.36. The first-order valence-corrected chi connectivity index (χ1v) is 10.9. The van der Waals surface area contributed by atoms with Crippen LogP contribution in [0.1, 0.15) is 16.7 Å². The molecule has 2 N–H and O–H groups in total. The third kappa shape index (κ3) is 3.75. The lowest BCUT2D eigenvalue weighted by atomic mass is 9.77. The van der Waals surface area contributed by atoms with E-state index < -0.39 is 5.54 Å². The molecule has 5 aromatic carbocycles. The summed E-state index contributed by atoms with van der Waals surface area (Å²) in [5.41, 5.74) is 14.5. The van der Waals surface area contributed by atoms with Crippen molar-refractivity contribution in [3.63, 3.8) is 0 Å². The number of hydrogen-bond acceptors (Lipinski definition) is 1. The Kier molecular flexibility index (Phi) is 5.41. The van der Waals surface area contributed by atoms with E-state index in [1.807, 2.05) is 30.3 Å². The fraction of sp³-hybridized carbons (Fsp3) is 0.0323. The maximum atomic E-state index is 7.24. The molecule has 5 rings (SSSR count). The molecule has 0 saturated heterocycles. The van der Waals surface area contributed by atoms with Crippen molar-refractivity contribution in [2.75, 3.05) is 0 Å². The lowest BCUT2D eigenvalue weighted by molar-refractivity contribution is 0.653. The van der Waals surface area contributed by atoms with E-state index in [1.165, 1.54) is 22.3 Å². The average Bonchev–Trinajstić information content (AvgIpc) is 2.90. The lowest BCUT2D eigenvalue weighted by Gasteiger charge is -2.32. The molecule has 1 nitrogen and oxygen atoms in total. The van der Waals surface area contributed by atoms with E-state index in [4.69, 9.17) is 5.73 Å². The highest BCUT2D eigenvalue weighted by molar-refractivity contribution is 5.66. The monoisotopic (exact) mass is 411 g/mol. The van der Waals surface area contributed by atoms with E-state index in [0.29, 0.717) is 0 Å². The van der Waals surface area contributed by atoms with Gasteiger partial charge in [0.1, 0.15) is 0 Å². The van der Waals surface area contributed by atoms with Gasteiger partial charge < -0.3 is 5.73 Å². The van der Waals surface area contributed by atoms with Crippen molar-refractivity contribution in [1.82, 2.24) is 0 Å². The second-order valence-electron chi connectivity index (χ2n) is 8.06. The van der Waals surface area contributed by atoms with Gasteiger partial charge in [-0.15, -0.1) is 0 Å². The molecule has 0 spiro atoms. The molecule has 0 aliphatic carbocycles. The van der Waals surface area contributed by atoms with Gasteiger partial charge in [-0.3, -0.25) is 0 Å². The van der Waals surface area contributed by atoms with Crippen LogP contribution in [-0.2, 0) is 5.54 Å². The summed E-state index contributed by atoms with van der Waals surface area (Å²) in [5.74, 6) is 0. The van der Waals surface area contributed by atoms with E-state index in [0.717, 1.165) is 16.7 Å². The summed E-state index contributed by atoms with van der Waals surface area (Å²) in [6.07, 6.45) is 0. The van der Waals surface area contributed by atoms with Crippen molar-refractivity contribution in [2.24, 2.45) is 5.73 Å². The Balaban J connectivity index is 1.58. The maximum Gasteiger partial charge on any atom is 0.0922 e. The Morgan fingerprint density at radius 3 is 0.969 bits per heavy atom. The minimum Gasteiger partial charge on any atom is -0.314 e. The molecule has 0 aromatic heterocycles. The van der Waals surface area contributed by atoms with Gasteiger partial charge in [-0.1, -0.05) is 140 Å². The molecule has 0 aliphatic heterocycles. The summed E-state index contributed by atoms with van der Waals surface area (Å²) < 4.78 is 0. The van der Waals surface area contributed by atoms with Crippen LogP contribution in [0.2, 0.25) is 0 Å². The Labute approximate surface area is 189 Å². The second kappa shape index (κ2) is 8.66. The SMILES string of the molecule is NC(c1ccccc1)(c1ccc(-c2ccccc2)cc1)c1ccc(-c2ccccc2)cc1. The zero-order valence-electron chi connectivity index (χ0n) is 17.9. The third-order valence-corrected chi connectivity index (χ3v) is 6.12. The van der Waals surface area contributed by atoms with Gasteiger partial charge >= 0.3 is 0 Å². The van der Waals surface area contributed by atoms with Crippen molar-refractivity contribution in [1.29, 1.82) is 0 Å². The molecule has 0 heterocycles. The van der Waals surface area contributed by atoms with Gasteiger partial charge in [-0.25, -0.2) is 0 Å². The van der Waals surface area contributed by atoms with Crippen molar-refractivity contribution in [3.05, 3.63) is 156 Å². The zero-order valence-corrected chi connectivity index (χ0v) is 17.9. The predicted molar refractivity (Wildman–Crippen MR) is 134 cm³/mol. The van der Waals surface area contributed by atoms with E-state index >= 15 is 0 Å². The highest BCUT2D eigenvalue weighted by atomic mass is 14.7. The van der Waals surface area contributed by atoms with Crippen LogP contribution >= 0.6 is 0 Å². The Morgan fingerprint density at radius 1 is 0.312 bits per heavy atom. The molecular weight excluding hydrogens is 386 g/mol. The van der Waals surface area contributed by atoms with Gasteiger partial charge in [-0.2, -0.15) is 0 Å². The van der Waals surface area contributed by atoms with Crippen LogP contribution in [0, 0.1) is 0 Å². The minimum atomic E-state index is -0.744. The summed E-state index contributed by atoms with van der Waals surface area (Å²) in [6.45, 7) is 0. The summed E-state index contributed by atoms with van der Waals surface area (Å²) in [4.78, 5) is 0. The second-order valence-corrected chi connectivity index (χ2v) is 8.06. The van der Waals surface area contributed by atoms with Crippen molar-refractivity contribution in [3.8, 4) is 22.3 Å². The number of rotatable bonds is 5. The average molecular weight is 412 g/mol. The first-order chi connectivity index (χ1) is 15.7. The fourth-order valence-corrected chi connectivity index (χ4v) is 4.31. The summed E-state index contributed by atoms with van der Waals surface area (Å²) in [5, 5.41) is 0. The Bertz CT molecular complexity index is 1190. The smallest absolute Gasteiger partial charge is 0.0922 e. The van der Waals surface area contributed by atoms with E-state index in [1.54, 1.807) is 0 Å². The van der Waals surface area contributed by atoms with Gasteiger partial charge in [-0.05, 0) is 38.9 Å². The Hall–Kier alpha value is -3.94. The molecule has 1 heteroatoms. The highest BCUT2D eigenvalue weighted by Gasteiger charge is 2.31. The van der Waals surface area contributed by atoms with Crippen molar-refractivity contribution >= 4 is 0 Å². The van der Waals surface area contributed by atoms with Crippen molar-refractivity contribution < 1.29 is 0 Å².